The minimum atomic E-state index is -0.383. The van der Waals surface area contributed by atoms with E-state index in [0.717, 1.165) is 22.0 Å². The van der Waals surface area contributed by atoms with Crippen molar-refractivity contribution in [1.29, 1.82) is 0 Å². The summed E-state index contributed by atoms with van der Waals surface area (Å²) >= 11 is 0. The first-order chi connectivity index (χ1) is 15.0. The maximum absolute atomic E-state index is 13.5. The molecule has 0 saturated heterocycles. The van der Waals surface area contributed by atoms with Crippen LogP contribution in [0.4, 0.5) is 0 Å². The molecule has 0 radical (unpaired) electrons. The van der Waals surface area contributed by atoms with Crippen LogP contribution < -0.4 is 11.2 Å². The van der Waals surface area contributed by atoms with E-state index in [9.17, 15) is 9.59 Å². The average Bonchev–Trinajstić information content (AvgIpc) is 3.28. The molecule has 0 saturated carbocycles. The fraction of sp³-hybridized carbons (Fsp3) is 0.261. The van der Waals surface area contributed by atoms with Crippen molar-refractivity contribution >= 4 is 27.7 Å². The molecule has 0 spiro atoms. The van der Waals surface area contributed by atoms with Gasteiger partial charge in [-0.2, -0.15) is 4.98 Å². The predicted molar refractivity (Wildman–Crippen MR) is 120 cm³/mol. The van der Waals surface area contributed by atoms with Crippen LogP contribution in [0.25, 0.3) is 27.7 Å². The zero-order valence-electron chi connectivity index (χ0n) is 17.7. The largest absolute Gasteiger partial charge is 0.383 e. The third-order valence-electron chi connectivity index (χ3n) is 5.87. The molecule has 2 aromatic carbocycles. The molecule has 0 amide bonds. The minimum absolute atomic E-state index is 0.194. The highest BCUT2D eigenvalue weighted by atomic mass is 16.5. The van der Waals surface area contributed by atoms with Crippen molar-refractivity contribution in [1.82, 2.24) is 23.1 Å². The lowest BCUT2D eigenvalue weighted by Crippen LogP contribution is -2.39. The lowest BCUT2D eigenvalue weighted by molar-refractivity contribution is 0.187. The molecule has 0 aliphatic carbocycles. The lowest BCUT2D eigenvalue weighted by Gasteiger charge is -2.10. The number of rotatable bonds is 5. The molecule has 5 rings (SSSR count). The third-order valence-corrected chi connectivity index (χ3v) is 5.87. The summed E-state index contributed by atoms with van der Waals surface area (Å²) in [4.78, 5) is 31.3. The maximum Gasteiger partial charge on any atom is 0.332 e. The number of aromatic nitrogens is 5. The Morgan fingerprint density at radius 3 is 2.61 bits per heavy atom. The normalized spacial score (nSPS) is 11.8. The number of fused-ring (bicyclic) bond motifs is 4. The molecule has 0 fully saturated rings. The Hall–Kier alpha value is -3.65. The van der Waals surface area contributed by atoms with Crippen LogP contribution in [-0.4, -0.2) is 36.8 Å². The Kier molecular flexibility index (Phi) is 4.51. The van der Waals surface area contributed by atoms with Gasteiger partial charge >= 0.3 is 5.69 Å². The summed E-state index contributed by atoms with van der Waals surface area (Å²) in [6, 6.07) is 13.9. The molecule has 0 N–H and O–H groups in total. The van der Waals surface area contributed by atoms with Crippen LogP contribution in [0.2, 0.25) is 0 Å². The highest BCUT2D eigenvalue weighted by Gasteiger charge is 2.20. The number of aryl methyl sites for hydroxylation is 2. The van der Waals surface area contributed by atoms with E-state index < -0.39 is 0 Å². The highest BCUT2D eigenvalue weighted by molar-refractivity contribution is 5.85. The van der Waals surface area contributed by atoms with Crippen LogP contribution in [0.15, 0.2) is 58.3 Å². The van der Waals surface area contributed by atoms with E-state index >= 15 is 0 Å². The van der Waals surface area contributed by atoms with E-state index in [-0.39, 0.29) is 17.8 Å². The molecule has 8 heteroatoms. The topological polar surface area (TPSA) is 75.5 Å². The summed E-state index contributed by atoms with van der Waals surface area (Å²) in [5.74, 6) is 0.625. The van der Waals surface area contributed by atoms with Crippen LogP contribution in [0, 0.1) is 6.92 Å². The fourth-order valence-corrected chi connectivity index (χ4v) is 4.25. The van der Waals surface area contributed by atoms with Gasteiger partial charge in [-0.1, -0.05) is 42.5 Å². The smallest absolute Gasteiger partial charge is 0.332 e. The van der Waals surface area contributed by atoms with E-state index in [1.165, 1.54) is 9.13 Å². The summed E-state index contributed by atoms with van der Waals surface area (Å²) < 4.78 is 11.7. The maximum atomic E-state index is 13.5. The monoisotopic (exact) mass is 417 g/mol. The van der Waals surface area contributed by atoms with Crippen molar-refractivity contribution < 1.29 is 4.74 Å². The van der Waals surface area contributed by atoms with Crippen molar-refractivity contribution in [2.24, 2.45) is 7.05 Å². The van der Waals surface area contributed by atoms with Gasteiger partial charge in [-0.15, -0.1) is 0 Å². The van der Waals surface area contributed by atoms with Crippen LogP contribution in [0.1, 0.15) is 11.3 Å². The number of hydrogen-bond donors (Lipinski definition) is 0. The molecule has 31 heavy (non-hydrogen) atoms. The van der Waals surface area contributed by atoms with Gasteiger partial charge in [0, 0.05) is 32.6 Å². The molecule has 8 nitrogen and oxygen atoms in total. The van der Waals surface area contributed by atoms with Gasteiger partial charge in [-0.3, -0.25) is 18.3 Å². The van der Waals surface area contributed by atoms with Crippen molar-refractivity contribution in [3.05, 3.63) is 80.8 Å². The van der Waals surface area contributed by atoms with E-state index in [4.69, 9.17) is 4.74 Å². The standard InChI is InChI=1S/C23H23N5O3/c1-15-13-27-19-20(24-22(27)26(15)11-12-31-3)25(2)23(30)28(21(19)29)14-17-9-6-8-16-7-4-5-10-18(16)17/h4-10,13H,11-12,14H2,1-3H3. The second kappa shape index (κ2) is 7.24. The van der Waals surface area contributed by atoms with Crippen molar-refractivity contribution in [3.63, 3.8) is 0 Å². The number of nitrogens with zero attached hydrogens (tertiary/aromatic N) is 5. The number of ether oxygens (including phenoxy) is 1. The Labute approximate surface area is 177 Å². The molecule has 0 aliphatic heterocycles. The summed E-state index contributed by atoms with van der Waals surface area (Å²) in [7, 11) is 3.30. The first kappa shape index (κ1) is 19.3. The fourth-order valence-electron chi connectivity index (χ4n) is 4.25. The van der Waals surface area contributed by atoms with E-state index in [2.05, 4.69) is 4.98 Å². The Morgan fingerprint density at radius 2 is 1.81 bits per heavy atom. The van der Waals surface area contributed by atoms with Crippen molar-refractivity contribution in [2.45, 2.75) is 20.0 Å². The minimum Gasteiger partial charge on any atom is -0.383 e. The molecule has 0 aliphatic rings. The van der Waals surface area contributed by atoms with E-state index in [1.54, 1.807) is 18.6 Å². The highest BCUT2D eigenvalue weighted by Crippen LogP contribution is 2.20. The Balaban J connectivity index is 1.75. The van der Waals surface area contributed by atoms with Crippen LogP contribution in [0.3, 0.4) is 0 Å². The van der Waals surface area contributed by atoms with Crippen molar-refractivity contribution in [2.75, 3.05) is 13.7 Å². The molecular weight excluding hydrogens is 394 g/mol. The molecule has 3 aromatic heterocycles. The predicted octanol–water partition coefficient (Wildman–Crippen LogP) is 2.31. The van der Waals surface area contributed by atoms with Gasteiger partial charge in [0.1, 0.15) is 0 Å². The number of hydrogen-bond acceptors (Lipinski definition) is 4. The lowest BCUT2D eigenvalue weighted by atomic mass is 10.0. The second-order valence-corrected chi connectivity index (χ2v) is 7.74. The number of imidazole rings is 2. The van der Waals surface area contributed by atoms with Gasteiger partial charge < -0.3 is 9.30 Å². The van der Waals surface area contributed by atoms with Gasteiger partial charge in [-0.25, -0.2) is 4.79 Å². The van der Waals surface area contributed by atoms with E-state index in [1.807, 2.05) is 60.2 Å². The number of benzene rings is 2. The Morgan fingerprint density at radius 1 is 1.03 bits per heavy atom. The average molecular weight is 417 g/mol. The third kappa shape index (κ3) is 2.90. The quantitative estimate of drug-likeness (QED) is 0.440. The summed E-state index contributed by atoms with van der Waals surface area (Å²) in [6.07, 6.45) is 1.88. The molecule has 0 atom stereocenters. The Bertz CT molecular complexity index is 1560. The van der Waals surface area contributed by atoms with Gasteiger partial charge in [0.25, 0.3) is 5.56 Å². The van der Waals surface area contributed by atoms with Crippen LogP contribution in [-0.2, 0) is 24.9 Å². The van der Waals surface area contributed by atoms with Crippen molar-refractivity contribution in [3.8, 4) is 0 Å². The first-order valence-electron chi connectivity index (χ1n) is 10.1. The molecule has 158 valence electrons. The van der Waals surface area contributed by atoms with Gasteiger partial charge in [0.15, 0.2) is 11.2 Å². The van der Waals surface area contributed by atoms with Gasteiger partial charge in [0.05, 0.1) is 13.2 Å². The zero-order chi connectivity index (χ0) is 21.7. The molecular formula is C23H23N5O3. The summed E-state index contributed by atoms with van der Waals surface area (Å²) in [6.45, 7) is 3.30. The van der Waals surface area contributed by atoms with Crippen LogP contribution in [0.5, 0.6) is 0 Å². The van der Waals surface area contributed by atoms with E-state index in [0.29, 0.717) is 30.1 Å². The van der Waals surface area contributed by atoms with Gasteiger partial charge in [0.2, 0.25) is 5.78 Å². The number of methoxy groups -OCH3 is 1. The zero-order valence-corrected chi connectivity index (χ0v) is 17.7. The van der Waals surface area contributed by atoms with Crippen LogP contribution >= 0.6 is 0 Å². The summed E-state index contributed by atoms with van der Waals surface area (Å²) in [5.41, 5.74) is 1.94. The molecule has 3 heterocycles. The summed E-state index contributed by atoms with van der Waals surface area (Å²) in [5, 5.41) is 2.10. The SMILES string of the molecule is COCCn1c(C)cn2c3c(=O)n(Cc4cccc5ccccc45)c(=O)n(C)c3nc12. The van der Waals surface area contributed by atoms with Gasteiger partial charge in [-0.05, 0) is 23.3 Å². The molecule has 0 bridgehead atoms. The first-order valence-corrected chi connectivity index (χ1v) is 10.1. The molecule has 0 unspecified atom stereocenters. The second-order valence-electron chi connectivity index (χ2n) is 7.74. The molecule has 5 aromatic rings.